The molecule has 4 aromatic rings. The third-order valence-electron chi connectivity index (χ3n) is 4.15. The van der Waals surface area contributed by atoms with E-state index < -0.39 is 6.04 Å². The average Bonchev–Trinajstić information content (AvgIpc) is 3.27. The summed E-state index contributed by atoms with van der Waals surface area (Å²) in [5.74, 6) is -0.0846. The van der Waals surface area contributed by atoms with Crippen molar-refractivity contribution in [3.05, 3.63) is 77.6 Å². The van der Waals surface area contributed by atoms with Crippen LogP contribution >= 0.6 is 0 Å². The molecule has 2 aromatic heterocycles. The monoisotopic (exact) mass is 350 g/mol. The van der Waals surface area contributed by atoms with Gasteiger partial charge in [0.1, 0.15) is 28.7 Å². The van der Waals surface area contributed by atoms with Gasteiger partial charge in [0, 0.05) is 25.0 Å². The topological polar surface area (TPSA) is 88.5 Å². The second kappa shape index (κ2) is 6.40. The first-order chi connectivity index (χ1) is 12.6. The van der Waals surface area contributed by atoms with Crippen LogP contribution in [0.2, 0.25) is 0 Å². The van der Waals surface area contributed by atoms with Gasteiger partial charge in [-0.1, -0.05) is 12.1 Å². The first kappa shape index (κ1) is 15.9. The fourth-order valence-corrected chi connectivity index (χ4v) is 2.83. The summed E-state index contributed by atoms with van der Waals surface area (Å²) in [5.41, 5.74) is 2.31. The lowest BCUT2D eigenvalue weighted by Crippen LogP contribution is -2.31. The van der Waals surface area contributed by atoms with Gasteiger partial charge < -0.3 is 9.88 Å². The third-order valence-corrected chi connectivity index (χ3v) is 4.15. The molecule has 0 aliphatic heterocycles. The number of rotatable bonds is 4. The number of benzene rings is 2. The van der Waals surface area contributed by atoms with E-state index in [0.717, 1.165) is 0 Å². The Hall–Kier alpha value is -3.55. The normalized spacial score (nSPS) is 12.2. The molecule has 1 atom stereocenters. The molecule has 0 unspecified atom stereocenters. The summed E-state index contributed by atoms with van der Waals surface area (Å²) in [5, 5.41) is 13.4. The fourth-order valence-electron chi connectivity index (χ4n) is 2.83. The molecule has 4 rings (SSSR count). The highest BCUT2D eigenvalue weighted by Crippen LogP contribution is 2.22. The van der Waals surface area contributed by atoms with Crippen molar-refractivity contribution in [3.8, 4) is 0 Å². The fraction of sp³-hybridized carbons (Fsp3) is 0.111. The molecule has 2 aromatic carbocycles. The second-order valence-corrected chi connectivity index (χ2v) is 5.88. The van der Waals surface area contributed by atoms with Gasteiger partial charge in [-0.05, 0) is 35.9 Å². The number of aromatic nitrogens is 5. The summed E-state index contributed by atoms with van der Waals surface area (Å²) in [6.45, 7) is 0. The second-order valence-electron chi connectivity index (χ2n) is 5.88. The summed E-state index contributed by atoms with van der Waals surface area (Å²) in [7, 11) is 1.82. The molecule has 8 heteroatoms. The van der Waals surface area contributed by atoms with Crippen molar-refractivity contribution in [1.82, 2.24) is 30.3 Å². The molecule has 2 N–H and O–H groups in total. The van der Waals surface area contributed by atoms with Gasteiger partial charge >= 0.3 is 0 Å². The standard InChI is InChI=1S/C18H15FN6O/c1-25-8-7-20-17(25)16(11-3-2-4-13(19)9-11)21-18(26)12-5-6-14-15(10-12)23-24-22-14/h2-10,16H,1H3,(H,21,26)(H,22,23,24)/t16-/m1/s1. The van der Waals surface area contributed by atoms with Crippen molar-refractivity contribution in [2.45, 2.75) is 6.04 Å². The van der Waals surface area contributed by atoms with Crippen LogP contribution in [0.25, 0.3) is 11.0 Å². The van der Waals surface area contributed by atoms with Gasteiger partial charge in [0.15, 0.2) is 0 Å². The average molecular weight is 350 g/mol. The Morgan fingerprint density at radius 2 is 2.04 bits per heavy atom. The molecule has 130 valence electrons. The van der Waals surface area contributed by atoms with E-state index in [-0.39, 0.29) is 11.7 Å². The Bertz CT molecular complexity index is 1090. The Balaban J connectivity index is 1.70. The van der Waals surface area contributed by atoms with Crippen LogP contribution in [0.4, 0.5) is 4.39 Å². The number of aromatic amines is 1. The number of nitrogens with one attached hydrogen (secondary N) is 2. The van der Waals surface area contributed by atoms with Crippen LogP contribution < -0.4 is 5.32 Å². The van der Waals surface area contributed by atoms with Crippen LogP contribution in [-0.4, -0.2) is 30.9 Å². The van der Waals surface area contributed by atoms with Crippen LogP contribution in [0.5, 0.6) is 0 Å². The minimum atomic E-state index is -0.591. The Kier molecular flexibility index (Phi) is 3.92. The molecule has 0 radical (unpaired) electrons. The molecular formula is C18H15FN6O. The first-order valence-electron chi connectivity index (χ1n) is 7.96. The van der Waals surface area contributed by atoms with Gasteiger partial charge in [-0.2, -0.15) is 15.4 Å². The van der Waals surface area contributed by atoms with E-state index in [0.29, 0.717) is 28.0 Å². The zero-order valence-corrected chi connectivity index (χ0v) is 13.8. The SMILES string of the molecule is Cn1ccnc1[C@H](NC(=O)c1ccc2n[nH]nc2c1)c1cccc(F)c1. The predicted octanol–water partition coefficient (Wildman–Crippen LogP) is 2.35. The lowest BCUT2D eigenvalue weighted by atomic mass is 10.0. The van der Waals surface area contributed by atoms with E-state index in [1.165, 1.54) is 12.1 Å². The van der Waals surface area contributed by atoms with Gasteiger partial charge in [-0.15, -0.1) is 0 Å². The van der Waals surface area contributed by atoms with Gasteiger partial charge in [0.25, 0.3) is 5.91 Å². The van der Waals surface area contributed by atoms with Crippen molar-refractivity contribution >= 4 is 16.9 Å². The van der Waals surface area contributed by atoms with Crippen molar-refractivity contribution in [2.24, 2.45) is 7.05 Å². The van der Waals surface area contributed by atoms with Crippen molar-refractivity contribution in [3.63, 3.8) is 0 Å². The number of carbonyl (C=O) groups is 1. The molecule has 0 aliphatic rings. The molecule has 0 bridgehead atoms. The summed E-state index contributed by atoms with van der Waals surface area (Å²) in [6.07, 6.45) is 3.41. The molecule has 0 saturated carbocycles. The highest BCUT2D eigenvalue weighted by atomic mass is 19.1. The van der Waals surface area contributed by atoms with Gasteiger partial charge in [0.05, 0.1) is 0 Å². The van der Waals surface area contributed by atoms with Crippen molar-refractivity contribution < 1.29 is 9.18 Å². The lowest BCUT2D eigenvalue weighted by molar-refractivity contribution is 0.0941. The van der Waals surface area contributed by atoms with E-state index >= 15 is 0 Å². The van der Waals surface area contributed by atoms with Crippen LogP contribution in [0.1, 0.15) is 27.8 Å². The van der Waals surface area contributed by atoms with E-state index in [9.17, 15) is 9.18 Å². The molecule has 1 amide bonds. The number of H-pyrrole nitrogens is 1. The molecule has 2 heterocycles. The number of carbonyl (C=O) groups excluding carboxylic acids is 1. The summed E-state index contributed by atoms with van der Waals surface area (Å²) in [4.78, 5) is 17.1. The minimum absolute atomic E-state index is 0.313. The maximum absolute atomic E-state index is 13.7. The van der Waals surface area contributed by atoms with E-state index in [1.807, 2.05) is 7.05 Å². The van der Waals surface area contributed by atoms with E-state index in [2.05, 4.69) is 25.7 Å². The summed E-state index contributed by atoms with van der Waals surface area (Å²) < 4.78 is 15.5. The zero-order valence-electron chi connectivity index (χ0n) is 13.8. The predicted molar refractivity (Wildman–Crippen MR) is 92.8 cm³/mol. The number of hydrogen-bond acceptors (Lipinski definition) is 4. The van der Waals surface area contributed by atoms with Crippen LogP contribution in [0.15, 0.2) is 54.9 Å². The summed E-state index contributed by atoms with van der Waals surface area (Å²) >= 11 is 0. The maximum atomic E-state index is 13.7. The minimum Gasteiger partial charge on any atom is -0.338 e. The molecule has 26 heavy (non-hydrogen) atoms. The zero-order chi connectivity index (χ0) is 18.1. The number of amides is 1. The van der Waals surface area contributed by atoms with Crippen LogP contribution in [-0.2, 0) is 7.05 Å². The quantitative estimate of drug-likeness (QED) is 0.591. The molecule has 0 saturated heterocycles. The van der Waals surface area contributed by atoms with Gasteiger partial charge in [0.2, 0.25) is 0 Å². The number of halogens is 1. The molecule has 7 nitrogen and oxygen atoms in total. The highest BCUT2D eigenvalue weighted by Gasteiger charge is 2.22. The molecule has 0 fully saturated rings. The maximum Gasteiger partial charge on any atom is 0.252 e. The Morgan fingerprint density at radius 3 is 2.81 bits per heavy atom. The number of imidazole rings is 1. The number of aryl methyl sites for hydroxylation is 1. The molecular weight excluding hydrogens is 335 g/mol. The van der Waals surface area contributed by atoms with E-state index in [4.69, 9.17) is 0 Å². The lowest BCUT2D eigenvalue weighted by Gasteiger charge is -2.19. The van der Waals surface area contributed by atoms with Crippen molar-refractivity contribution in [2.75, 3.05) is 0 Å². The number of fused-ring (bicyclic) bond motifs is 1. The Labute approximate surface area is 147 Å². The van der Waals surface area contributed by atoms with Crippen LogP contribution in [0.3, 0.4) is 0 Å². The van der Waals surface area contributed by atoms with E-state index in [1.54, 1.807) is 47.3 Å². The van der Waals surface area contributed by atoms with Crippen molar-refractivity contribution in [1.29, 1.82) is 0 Å². The number of hydrogen-bond donors (Lipinski definition) is 2. The van der Waals surface area contributed by atoms with Gasteiger partial charge in [-0.25, -0.2) is 9.37 Å². The van der Waals surface area contributed by atoms with Gasteiger partial charge in [-0.3, -0.25) is 4.79 Å². The number of nitrogens with zero attached hydrogens (tertiary/aromatic N) is 4. The first-order valence-corrected chi connectivity index (χ1v) is 7.96. The smallest absolute Gasteiger partial charge is 0.252 e. The molecule has 0 spiro atoms. The van der Waals surface area contributed by atoms with Crippen LogP contribution in [0, 0.1) is 5.82 Å². The Morgan fingerprint density at radius 1 is 1.19 bits per heavy atom. The summed E-state index contributed by atoms with van der Waals surface area (Å²) in [6, 6.07) is 10.5. The largest absolute Gasteiger partial charge is 0.338 e. The molecule has 0 aliphatic carbocycles. The highest BCUT2D eigenvalue weighted by molar-refractivity contribution is 5.97. The third kappa shape index (κ3) is 2.92.